The zero-order valence-electron chi connectivity index (χ0n) is 7.71. The van der Waals surface area contributed by atoms with Crippen molar-refractivity contribution < 1.29 is 22.7 Å². The Morgan fingerprint density at radius 2 is 2.13 bits per heavy atom. The van der Waals surface area contributed by atoms with Crippen molar-refractivity contribution in [1.29, 1.82) is 0 Å². The number of rotatable bonds is 4. The molecule has 0 aromatic heterocycles. The van der Waals surface area contributed by atoms with Gasteiger partial charge < -0.3 is 4.74 Å². The Balaban J connectivity index is 1.92. The molecular weight excluding hydrogens is 242 g/mol. The highest BCUT2D eigenvalue weighted by Gasteiger charge is 2.39. The van der Waals surface area contributed by atoms with Crippen LogP contribution in [-0.2, 0) is 19.4 Å². The van der Waals surface area contributed by atoms with Crippen LogP contribution in [-0.4, -0.2) is 54.6 Å². The van der Waals surface area contributed by atoms with E-state index in [-0.39, 0.29) is 35.8 Å². The SMILES string of the molecule is O=C1CSC(=O)N1CCS(=O)(=O)C1CO1. The molecule has 0 spiro atoms. The van der Waals surface area contributed by atoms with Crippen molar-refractivity contribution in [2.45, 2.75) is 5.44 Å². The van der Waals surface area contributed by atoms with Crippen molar-refractivity contribution in [1.82, 2.24) is 4.90 Å². The van der Waals surface area contributed by atoms with E-state index in [9.17, 15) is 18.0 Å². The largest absolute Gasteiger partial charge is 0.356 e. The Kier molecular flexibility index (Phi) is 2.73. The van der Waals surface area contributed by atoms with Gasteiger partial charge >= 0.3 is 0 Å². The Morgan fingerprint density at radius 3 is 2.60 bits per heavy atom. The maximum Gasteiger partial charge on any atom is 0.288 e. The lowest BCUT2D eigenvalue weighted by atomic mass is 10.5. The smallest absolute Gasteiger partial charge is 0.288 e. The van der Waals surface area contributed by atoms with Crippen molar-refractivity contribution in [3.8, 4) is 0 Å². The van der Waals surface area contributed by atoms with Crippen molar-refractivity contribution in [3.05, 3.63) is 0 Å². The number of epoxide rings is 1. The van der Waals surface area contributed by atoms with E-state index in [0.717, 1.165) is 16.7 Å². The quantitative estimate of drug-likeness (QED) is 0.623. The first-order valence-electron chi connectivity index (χ1n) is 4.31. The number of ether oxygens (including phenoxy) is 1. The second-order valence-electron chi connectivity index (χ2n) is 3.23. The van der Waals surface area contributed by atoms with Gasteiger partial charge in [-0.1, -0.05) is 11.8 Å². The molecule has 2 fully saturated rings. The van der Waals surface area contributed by atoms with E-state index >= 15 is 0 Å². The lowest BCUT2D eigenvalue weighted by molar-refractivity contribution is -0.124. The molecule has 8 heteroatoms. The molecule has 1 atom stereocenters. The summed E-state index contributed by atoms with van der Waals surface area (Å²) in [5, 5.41) is -0.369. The van der Waals surface area contributed by atoms with E-state index in [1.54, 1.807) is 0 Å². The van der Waals surface area contributed by atoms with Crippen LogP contribution in [0, 0.1) is 0 Å². The first kappa shape index (κ1) is 10.9. The molecule has 2 aliphatic heterocycles. The van der Waals surface area contributed by atoms with Gasteiger partial charge in [-0.05, 0) is 0 Å². The minimum absolute atomic E-state index is 0.0626. The number of carbonyl (C=O) groups excluding carboxylic acids is 2. The number of sulfone groups is 1. The van der Waals surface area contributed by atoms with Gasteiger partial charge in [0, 0.05) is 6.54 Å². The molecule has 2 saturated heterocycles. The molecule has 2 aliphatic rings. The first-order chi connectivity index (χ1) is 7.00. The van der Waals surface area contributed by atoms with Crippen LogP contribution in [0.15, 0.2) is 0 Å². The summed E-state index contributed by atoms with van der Waals surface area (Å²) >= 11 is 0.899. The third-order valence-corrected chi connectivity index (χ3v) is 4.83. The molecular formula is C7H9NO5S2. The molecule has 2 rings (SSSR count). The minimum Gasteiger partial charge on any atom is -0.356 e. The summed E-state index contributed by atoms with van der Waals surface area (Å²) in [5.74, 6) is -0.425. The highest BCUT2D eigenvalue weighted by molar-refractivity contribution is 8.14. The molecule has 0 N–H and O–H groups in total. The van der Waals surface area contributed by atoms with Gasteiger partial charge in [0.05, 0.1) is 18.1 Å². The normalized spacial score (nSPS) is 26.1. The van der Waals surface area contributed by atoms with Crippen LogP contribution in [0.2, 0.25) is 0 Å². The van der Waals surface area contributed by atoms with E-state index in [0.29, 0.717) is 0 Å². The average Bonchev–Trinajstić information content (AvgIpc) is 2.94. The Hall–Kier alpha value is -0.600. The standard InChI is InChI=1S/C7H9NO5S2/c9-5-4-14-7(10)8(5)1-2-15(11,12)6-3-13-6/h6H,1-4H2. The topological polar surface area (TPSA) is 84.1 Å². The van der Waals surface area contributed by atoms with Gasteiger partial charge in [0.25, 0.3) is 5.24 Å². The highest BCUT2D eigenvalue weighted by atomic mass is 32.2. The van der Waals surface area contributed by atoms with Gasteiger partial charge in [0.15, 0.2) is 15.3 Å². The van der Waals surface area contributed by atoms with Crippen LogP contribution in [0.3, 0.4) is 0 Å². The van der Waals surface area contributed by atoms with Gasteiger partial charge in [-0.15, -0.1) is 0 Å². The molecule has 0 saturated carbocycles. The first-order valence-corrected chi connectivity index (χ1v) is 7.01. The van der Waals surface area contributed by atoms with E-state index in [2.05, 4.69) is 4.74 Å². The van der Waals surface area contributed by atoms with Crippen LogP contribution in [0.1, 0.15) is 0 Å². The molecule has 0 aromatic carbocycles. The van der Waals surface area contributed by atoms with Crippen LogP contribution in [0.4, 0.5) is 4.79 Å². The lowest BCUT2D eigenvalue weighted by Gasteiger charge is -2.11. The lowest BCUT2D eigenvalue weighted by Crippen LogP contribution is -2.34. The summed E-state index contributed by atoms with van der Waals surface area (Å²) in [6, 6.07) is 0. The van der Waals surface area contributed by atoms with Gasteiger partial charge in [-0.2, -0.15) is 0 Å². The molecule has 0 radical (unpaired) electrons. The van der Waals surface area contributed by atoms with Crippen LogP contribution in [0.25, 0.3) is 0 Å². The van der Waals surface area contributed by atoms with Crippen LogP contribution < -0.4 is 0 Å². The fraction of sp³-hybridized carbons (Fsp3) is 0.714. The summed E-state index contributed by atoms with van der Waals surface area (Å²) in [5.41, 5.74) is -0.724. The Bertz CT molecular complexity index is 384. The van der Waals surface area contributed by atoms with Gasteiger partial charge in [-0.25, -0.2) is 8.42 Å². The molecule has 0 bridgehead atoms. The van der Waals surface area contributed by atoms with E-state index in [1.807, 2.05) is 0 Å². The van der Waals surface area contributed by atoms with Gasteiger partial charge in [-0.3, -0.25) is 14.5 Å². The maximum absolute atomic E-state index is 11.4. The zero-order chi connectivity index (χ0) is 11.1. The number of thioether (sulfide) groups is 1. The summed E-state index contributed by atoms with van der Waals surface area (Å²) in [4.78, 5) is 23.3. The average molecular weight is 251 g/mol. The monoisotopic (exact) mass is 251 g/mol. The molecule has 1 unspecified atom stereocenters. The van der Waals surface area contributed by atoms with Crippen LogP contribution in [0.5, 0.6) is 0 Å². The van der Waals surface area contributed by atoms with E-state index < -0.39 is 15.3 Å². The predicted molar refractivity (Wildman–Crippen MR) is 53.1 cm³/mol. The van der Waals surface area contributed by atoms with Gasteiger partial charge in [0.2, 0.25) is 5.91 Å². The fourth-order valence-electron chi connectivity index (χ4n) is 1.19. The molecule has 6 nitrogen and oxygen atoms in total. The summed E-state index contributed by atoms with van der Waals surface area (Å²) < 4.78 is 27.4. The number of hydrogen-bond acceptors (Lipinski definition) is 6. The third kappa shape index (κ3) is 2.32. The summed E-state index contributed by atoms with van der Waals surface area (Å²) in [7, 11) is -3.30. The zero-order valence-corrected chi connectivity index (χ0v) is 9.34. The van der Waals surface area contributed by atoms with Crippen molar-refractivity contribution >= 4 is 32.7 Å². The number of amides is 2. The maximum atomic E-state index is 11.4. The summed E-state index contributed by atoms with van der Waals surface area (Å²) in [6.45, 7) is 0.159. The second-order valence-corrected chi connectivity index (χ2v) is 6.42. The summed E-state index contributed by atoms with van der Waals surface area (Å²) in [6.07, 6.45) is 0. The van der Waals surface area contributed by atoms with Crippen molar-refractivity contribution in [3.63, 3.8) is 0 Å². The second kappa shape index (κ2) is 3.76. The third-order valence-electron chi connectivity index (χ3n) is 2.14. The number of carbonyl (C=O) groups is 2. The van der Waals surface area contributed by atoms with Crippen molar-refractivity contribution in [2.75, 3.05) is 24.7 Å². The number of hydrogen-bond donors (Lipinski definition) is 0. The number of nitrogens with zero attached hydrogens (tertiary/aromatic N) is 1. The Labute approximate surface area is 90.9 Å². The number of imide groups is 1. The minimum atomic E-state index is -3.30. The highest BCUT2D eigenvalue weighted by Crippen LogP contribution is 2.21. The molecule has 2 heterocycles. The molecule has 0 aromatic rings. The molecule has 15 heavy (non-hydrogen) atoms. The van der Waals surface area contributed by atoms with Crippen LogP contribution >= 0.6 is 11.8 Å². The fourth-order valence-corrected chi connectivity index (χ4v) is 3.14. The van der Waals surface area contributed by atoms with Gasteiger partial charge in [0.1, 0.15) is 0 Å². The predicted octanol–water partition coefficient (Wildman–Crippen LogP) is -0.547. The van der Waals surface area contributed by atoms with E-state index in [1.165, 1.54) is 0 Å². The molecule has 84 valence electrons. The molecule has 0 aliphatic carbocycles. The Morgan fingerprint density at radius 1 is 1.47 bits per heavy atom. The molecule has 2 amide bonds. The van der Waals surface area contributed by atoms with Crippen molar-refractivity contribution in [2.24, 2.45) is 0 Å². The van der Waals surface area contributed by atoms with E-state index in [4.69, 9.17) is 0 Å².